The average molecular weight is 487 g/mol. The third kappa shape index (κ3) is 4.39. The molecule has 1 N–H and O–H groups in total. The van der Waals surface area contributed by atoms with Gasteiger partial charge in [-0.1, -0.05) is 13.0 Å². The second-order valence-electron chi connectivity index (χ2n) is 6.15. The van der Waals surface area contributed by atoms with Gasteiger partial charge in [0.15, 0.2) is 0 Å². The van der Waals surface area contributed by atoms with Gasteiger partial charge in [0.05, 0.1) is 0 Å². The number of pyridine rings is 1. The molecular formula is C18H14BrF7N2O. The molecule has 1 aromatic carbocycles. The summed E-state index contributed by atoms with van der Waals surface area (Å²) in [6.45, 7) is 2.63. The molecule has 1 heterocycles. The third-order valence-corrected chi connectivity index (χ3v) is 4.64. The number of nitrogens with zero attached hydrogens (tertiary/aromatic N) is 1. The van der Waals surface area contributed by atoms with Crippen molar-refractivity contribution in [2.24, 2.45) is 0 Å². The highest BCUT2D eigenvalue weighted by molar-refractivity contribution is 9.10. The first kappa shape index (κ1) is 23.1. The molecule has 1 aromatic heterocycles. The molecule has 0 fully saturated rings. The Morgan fingerprint density at radius 3 is 2.10 bits per heavy atom. The number of amides is 1. The average Bonchev–Trinajstić information content (AvgIpc) is 2.60. The zero-order chi connectivity index (χ0) is 22.2. The highest BCUT2D eigenvalue weighted by atomic mass is 79.9. The van der Waals surface area contributed by atoms with E-state index in [2.05, 4.69) is 26.2 Å². The van der Waals surface area contributed by atoms with Crippen LogP contribution in [0.1, 0.15) is 34.1 Å². The summed E-state index contributed by atoms with van der Waals surface area (Å²) < 4.78 is 93.2. The molecule has 0 radical (unpaired) electrons. The molecule has 2 aromatic rings. The summed E-state index contributed by atoms with van der Waals surface area (Å²) in [5.74, 6) is -0.721. The summed E-state index contributed by atoms with van der Waals surface area (Å²) in [5, 5.41) is 2.42. The number of aromatic nitrogens is 1. The van der Waals surface area contributed by atoms with E-state index in [4.69, 9.17) is 0 Å². The Morgan fingerprint density at radius 2 is 1.66 bits per heavy atom. The van der Waals surface area contributed by atoms with Gasteiger partial charge in [-0.2, -0.15) is 26.3 Å². The molecule has 0 spiro atoms. The SMILES string of the molecule is CCc1cc(C(F)(C(F)(F)F)C(F)(F)F)cc(C)c1NC(=O)c1ccc(Br)cn1. The van der Waals surface area contributed by atoms with Gasteiger partial charge < -0.3 is 5.32 Å². The highest BCUT2D eigenvalue weighted by Gasteiger charge is 2.73. The monoisotopic (exact) mass is 486 g/mol. The highest BCUT2D eigenvalue weighted by Crippen LogP contribution is 2.53. The van der Waals surface area contributed by atoms with E-state index in [0.717, 1.165) is 0 Å². The number of halogens is 8. The molecule has 0 aliphatic rings. The molecule has 3 nitrogen and oxygen atoms in total. The van der Waals surface area contributed by atoms with Crippen molar-refractivity contribution < 1.29 is 35.5 Å². The molecule has 158 valence electrons. The molecule has 0 aliphatic heterocycles. The number of carbonyl (C=O) groups is 1. The fourth-order valence-electron chi connectivity index (χ4n) is 2.69. The molecule has 0 unspecified atom stereocenters. The fourth-order valence-corrected chi connectivity index (χ4v) is 2.93. The number of benzene rings is 1. The molecule has 0 aliphatic carbocycles. The molecule has 2 rings (SSSR count). The molecule has 0 saturated carbocycles. The maximum absolute atomic E-state index is 14.4. The Bertz CT molecular complexity index is 894. The Morgan fingerprint density at radius 1 is 1.07 bits per heavy atom. The quantitative estimate of drug-likeness (QED) is 0.518. The van der Waals surface area contributed by atoms with E-state index in [1.807, 2.05) is 0 Å². The van der Waals surface area contributed by atoms with E-state index < -0.39 is 29.5 Å². The van der Waals surface area contributed by atoms with Crippen molar-refractivity contribution in [2.75, 3.05) is 5.32 Å². The zero-order valence-electron chi connectivity index (χ0n) is 15.0. The Kier molecular flexibility index (Phi) is 6.32. The number of carbonyl (C=O) groups excluding carboxylic acids is 1. The van der Waals surface area contributed by atoms with Gasteiger partial charge >= 0.3 is 18.0 Å². The van der Waals surface area contributed by atoms with Crippen LogP contribution in [0.25, 0.3) is 0 Å². The molecule has 11 heteroatoms. The predicted molar refractivity (Wildman–Crippen MR) is 95.3 cm³/mol. The summed E-state index contributed by atoms with van der Waals surface area (Å²) in [5.41, 5.74) is -7.39. The van der Waals surface area contributed by atoms with E-state index in [9.17, 15) is 35.5 Å². The van der Waals surface area contributed by atoms with Crippen LogP contribution in [0, 0.1) is 6.92 Å². The van der Waals surface area contributed by atoms with E-state index in [1.165, 1.54) is 32.2 Å². The standard InChI is InChI=1S/C18H14BrF7N2O/c1-3-10-7-11(16(20,17(21,22)23)18(24,25)26)6-9(2)14(10)28-15(29)13-5-4-12(19)8-27-13/h4-8H,3H2,1-2H3,(H,28,29). The zero-order valence-corrected chi connectivity index (χ0v) is 16.6. The van der Waals surface area contributed by atoms with E-state index in [0.29, 0.717) is 16.6 Å². The van der Waals surface area contributed by atoms with Crippen LogP contribution in [0.4, 0.5) is 36.4 Å². The van der Waals surface area contributed by atoms with Crippen LogP contribution < -0.4 is 5.32 Å². The van der Waals surface area contributed by atoms with Gasteiger partial charge in [0.1, 0.15) is 5.69 Å². The smallest absolute Gasteiger partial charge is 0.320 e. The van der Waals surface area contributed by atoms with Gasteiger partial charge in [-0.15, -0.1) is 0 Å². The Balaban J connectivity index is 2.54. The van der Waals surface area contributed by atoms with Crippen LogP contribution in [0.2, 0.25) is 0 Å². The van der Waals surface area contributed by atoms with Crippen LogP contribution in [0.5, 0.6) is 0 Å². The van der Waals surface area contributed by atoms with Gasteiger partial charge in [0.25, 0.3) is 5.91 Å². The van der Waals surface area contributed by atoms with Crippen LogP contribution in [-0.2, 0) is 12.1 Å². The van der Waals surface area contributed by atoms with Crippen LogP contribution in [0.3, 0.4) is 0 Å². The lowest BCUT2D eigenvalue weighted by Gasteiger charge is -2.31. The van der Waals surface area contributed by atoms with Crippen molar-refractivity contribution in [1.29, 1.82) is 0 Å². The van der Waals surface area contributed by atoms with Gasteiger partial charge in [0.2, 0.25) is 0 Å². The largest absolute Gasteiger partial charge is 0.435 e. The molecule has 1 amide bonds. The molecule has 0 saturated heterocycles. The Labute approximate surface area is 169 Å². The number of aryl methyl sites for hydroxylation is 2. The second-order valence-corrected chi connectivity index (χ2v) is 7.07. The third-order valence-electron chi connectivity index (χ3n) is 4.18. The lowest BCUT2D eigenvalue weighted by molar-refractivity contribution is -0.348. The van der Waals surface area contributed by atoms with Crippen LogP contribution in [0.15, 0.2) is 34.9 Å². The van der Waals surface area contributed by atoms with E-state index >= 15 is 0 Å². The van der Waals surface area contributed by atoms with E-state index in [-0.39, 0.29) is 28.9 Å². The fraction of sp³-hybridized carbons (Fsp3) is 0.333. The first-order chi connectivity index (χ1) is 13.2. The lowest BCUT2D eigenvalue weighted by atomic mass is 9.89. The number of anilines is 1. The Hall–Kier alpha value is -2.17. The maximum atomic E-state index is 14.4. The van der Waals surface area contributed by atoms with Crippen molar-refractivity contribution in [1.82, 2.24) is 4.98 Å². The number of hydrogen-bond donors (Lipinski definition) is 1. The van der Waals surface area contributed by atoms with E-state index in [1.54, 1.807) is 0 Å². The lowest BCUT2D eigenvalue weighted by Crippen LogP contribution is -2.50. The minimum absolute atomic E-state index is 0.00216. The number of nitrogens with one attached hydrogen (secondary N) is 1. The minimum atomic E-state index is -6.21. The normalized spacial score (nSPS) is 12.8. The van der Waals surface area contributed by atoms with Crippen molar-refractivity contribution in [3.05, 3.63) is 57.3 Å². The van der Waals surface area contributed by atoms with Crippen LogP contribution in [-0.4, -0.2) is 23.2 Å². The molecule has 0 bridgehead atoms. The number of hydrogen-bond acceptors (Lipinski definition) is 2. The minimum Gasteiger partial charge on any atom is -0.320 e. The molecular weight excluding hydrogens is 473 g/mol. The summed E-state index contributed by atoms with van der Waals surface area (Å²) >= 11 is 3.14. The summed E-state index contributed by atoms with van der Waals surface area (Å²) in [6, 6.07) is 3.81. The summed E-state index contributed by atoms with van der Waals surface area (Å²) in [6.07, 6.45) is -11.1. The first-order valence-corrected chi connectivity index (χ1v) is 8.91. The predicted octanol–water partition coefficient (Wildman–Crippen LogP) is 6.26. The van der Waals surface area contributed by atoms with Gasteiger partial charge in [0, 0.05) is 21.9 Å². The number of rotatable bonds is 4. The van der Waals surface area contributed by atoms with Crippen LogP contribution >= 0.6 is 15.9 Å². The summed E-state index contributed by atoms with van der Waals surface area (Å²) in [7, 11) is 0. The molecule has 0 atom stereocenters. The van der Waals surface area contributed by atoms with Gasteiger partial charge in [-0.3, -0.25) is 4.79 Å². The first-order valence-electron chi connectivity index (χ1n) is 8.11. The number of alkyl halides is 7. The van der Waals surface area contributed by atoms with Crippen molar-refractivity contribution in [3.63, 3.8) is 0 Å². The van der Waals surface area contributed by atoms with Gasteiger partial charge in [-0.05, 0) is 58.6 Å². The maximum Gasteiger partial charge on any atom is 0.435 e. The summed E-state index contributed by atoms with van der Waals surface area (Å²) in [4.78, 5) is 16.2. The van der Waals surface area contributed by atoms with Crippen molar-refractivity contribution in [3.8, 4) is 0 Å². The van der Waals surface area contributed by atoms with Crippen molar-refractivity contribution >= 4 is 27.5 Å². The van der Waals surface area contributed by atoms with Gasteiger partial charge in [-0.25, -0.2) is 9.37 Å². The van der Waals surface area contributed by atoms with Crippen molar-refractivity contribution in [2.45, 2.75) is 38.3 Å². The second kappa shape index (κ2) is 7.92. The molecule has 29 heavy (non-hydrogen) atoms. The topological polar surface area (TPSA) is 42.0 Å².